The highest BCUT2D eigenvalue weighted by Gasteiger charge is 2.07. The molecule has 1 aliphatic rings. The topological polar surface area (TPSA) is 43.4 Å². The van der Waals surface area contributed by atoms with Gasteiger partial charge in [0.2, 0.25) is 0 Å². The molecule has 3 heteroatoms. The summed E-state index contributed by atoms with van der Waals surface area (Å²) in [6, 6.07) is 0. The maximum atomic E-state index is 10.4. The Hall–Kier alpha value is -0.410. The third-order valence-electron chi connectivity index (χ3n) is 1.22. The first-order valence-electron chi connectivity index (χ1n) is 2.73. The standard InChI is InChI=1S/C5H8NO2/c7-5-2-1-3-6(8)4-5/h1-4H2/q-1. The Bertz CT molecular complexity index is 103. The van der Waals surface area contributed by atoms with Gasteiger partial charge in [-0.1, -0.05) is 0 Å². The SMILES string of the molecule is O=C1CCCN([O-])C1. The molecule has 1 saturated heterocycles. The number of ketones is 1. The molecule has 0 atom stereocenters. The van der Waals surface area contributed by atoms with Crippen LogP contribution in [0.1, 0.15) is 12.8 Å². The zero-order valence-electron chi connectivity index (χ0n) is 4.59. The zero-order valence-corrected chi connectivity index (χ0v) is 4.59. The number of carbonyl (C=O) groups is 1. The van der Waals surface area contributed by atoms with Crippen LogP contribution in [0.3, 0.4) is 0 Å². The van der Waals surface area contributed by atoms with Crippen molar-refractivity contribution in [3.8, 4) is 0 Å². The van der Waals surface area contributed by atoms with Gasteiger partial charge in [0.25, 0.3) is 0 Å². The predicted octanol–water partition coefficient (Wildman–Crippen LogP) is 0.149. The second-order valence-corrected chi connectivity index (χ2v) is 2.01. The van der Waals surface area contributed by atoms with E-state index in [1.807, 2.05) is 0 Å². The van der Waals surface area contributed by atoms with E-state index in [1.54, 1.807) is 0 Å². The van der Waals surface area contributed by atoms with Crippen LogP contribution in [-0.2, 0) is 4.79 Å². The second kappa shape index (κ2) is 2.24. The van der Waals surface area contributed by atoms with Crippen molar-refractivity contribution in [2.45, 2.75) is 12.8 Å². The van der Waals surface area contributed by atoms with Gasteiger partial charge in [0.05, 0.1) is 0 Å². The van der Waals surface area contributed by atoms with Gasteiger partial charge in [-0.3, -0.25) is 4.79 Å². The van der Waals surface area contributed by atoms with Gasteiger partial charge in [0, 0.05) is 13.0 Å². The predicted molar refractivity (Wildman–Crippen MR) is 29.2 cm³/mol. The molecule has 8 heavy (non-hydrogen) atoms. The lowest BCUT2D eigenvalue weighted by atomic mass is 10.1. The molecule has 1 heterocycles. The molecule has 1 fully saturated rings. The normalized spacial score (nSPS) is 23.9. The fourth-order valence-electron chi connectivity index (χ4n) is 0.807. The molecule has 0 bridgehead atoms. The molecule has 0 N–H and O–H groups in total. The van der Waals surface area contributed by atoms with Gasteiger partial charge in [0.1, 0.15) is 5.78 Å². The van der Waals surface area contributed by atoms with Gasteiger partial charge in [-0.2, -0.15) is 0 Å². The molecule has 46 valence electrons. The smallest absolute Gasteiger partial charge is 0.145 e. The van der Waals surface area contributed by atoms with Crippen molar-refractivity contribution in [3.05, 3.63) is 5.21 Å². The van der Waals surface area contributed by atoms with E-state index in [2.05, 4.69) is 0 Å². The molecular formula is C5H8NO2-. The number of piperidine rings is 1. The lowest BCUT2D eigenvalue weighted by Gasteiger charge is -2.30. The summed E-state index contributed by atoms with van der Waals surface area (Å²) in [5, 5.41) is 11.2. The number of hydroxylamine groups is 2. The molecule has 3 nitrogen and oxygen atoms in total. The molecule has 0 radical (unpaired) electrons. The minimum atomic E-state index is 0.0752. The lowest BCUT2D eigenvalue weighted by molar-refractivity contribution is -0.121. The number of rotatable bonds is 0. The van der Waals surface area contributed by atoms with Crippen LogP contribution in [0.25, 0.3) is 0 Å². The Morgan fingerprint density at radius 2 is 2.38 bits per heavy atom. The van der Waals surface area contributed by atoms with Crippen molar-refractivity contribution >= 4 is 5.78 Å². The van der Waals surface area contributed by atoms with E-state index < -0.39 is 0 Å². The van der Waals surface area contributed by atoms with Crippen LogP contribution in [0, 0.1) is 5.21 Å². The third kappa shape index (κ3) is 1.28. The minimum absolute atomic E-state index is 0.0752. The third-order valence-corrected chi connectivity index (χ3v) is 1.22. The van der Waals surface area contributed by atoms with Crippen LogP contribution in [-0.4, -0.2) is 23.9 Å². The average Bonchev–Trinajstić information content (AvgIpc) is 1.64. The summed E-state index contributed by atoms with van der Waals surface area (Å²) >= 11 is 0. The zero-order chi connectivity index (χ0) is 5.98. The van der Waals surface area contributed by atoms with E-state index in [0.717, 1.165) is 11.5 Å². The first-order valence-corrected chi connectivity index (χ1v) is 2.73. The fraction of sp³-hybridized carbons (Fsp3) is 0.800. The number of hydrogen-bond donors (Lipinski definition) is 0. The van der Waals surface area contributed by atoms with E-state index in [0.29, 0.717) is 13.0 Å². The summed E-state index contributed by atoms with van der Waals surface area (Å²) in [6.45, 7) is 0.645. The van der Waals surface area contributed by atoms with E-state index in [9.17, 15) is 10.0 Å². The highest BCUT2D eigenvalue weighted by Crippen LogP contribution is 2.02. The number of nitrogens with zero attached hydrogens (tertiary/aromatic N) is 1. The highest BCUT2D eigenvalue weighted by molar-refractivity contribution is 5.81. The van der Waals surface area contributed by atoms with Gasteiger partial charge in [-0.25, -0.2) is 0 Å². The van der Waals surface area contributed by atoms with Gasteiger partial charge in [0.15, 0.2) is 0 Å². The van der Waals surface area contributed by atoms with Crippen molar-refractivity contribution in [2.75, 3.05) is 13.1 Å². The molecule has 0 aromatic rings. The van der Waals surface area contributed by atoms with Gasteiger partial charge in [-0.05, 0) is 13.0 Å². The summed E-state index contributed by atoms with van der Waals surface area (Å²) in [6.07, 6.45) is 1.33. The number of carbonyl (C=O) groups excluding carboxylic acids is 1. The first-order chi connectivity index (χ1) is 3.79. The lowest BCUT2D eigenvalue weighted by Crippen LogP contribution is -2.30. The van der Waals surface area contributed by atoms with Gasteiger partial charge in [-0.15, -0.1) is 0 Å². The Kier molecular flexibility index (Phi) is 1.60. The Balaban J connectivity index is 2.34. The molecule has 1 aliphatic heterocycles. The van der Waals surface area contributed by atoms with Crippen LogP contribution < -0.4 is 0 Å². The average molecular weight is 114 g/mol. The minimum Gasteiger partial charge on any atom is -0.785 e. The van der Waals surface area contributed by atoms with E-state index in [1.165, 1.54) is 0 Å². The van der Waals surface area contributed by atoms with Gasteiger partial charge >= 0.3 is 0 Å². The first kappa shape index (κ1) is 5.72. The van der Waals surface area contributed by atoms with E-state index >= 15 is 0 Å². The summed E-state index contributed by atoms with van der Waals surface area (Å²) in [4.78, 5) is 10.4. The number of Topliss-reactive ketones (excluding diaryl/α,β-unsaturated/α-hetero) is 1. The Labute approximate surface area is 47.9 Å². The molecule has 0 aromatic carbocycles. The quantitative estimate of drug-likeness (QED) is 0.450. The van der Waals surface area contributed by atoms with Gasteiger partial charge < -0.3 is 10.3 Å². The van der Waals surface area contributed by atoms with E-state index in [4.69, 9.17) is 0 Å². The van der Waals surface area contributed by atoms with Crippen LogP contribution >= 0.6 is 0 Å². The molecule has 0 unspecified atom stereocenters. The molecule has 0 saturated carbocycles. The highest BCUT2D eigenvalue weighted by atomic mass is 16.5. The van der Waals surface area contributed by atoms with E-state index in [-0.39, 0.29) is 12.3 Å². The monoisotopic (exact) mass is 114 g/mol. The summed E-state index contributed by atoms with van der Waals surface area (Å²) in [5.41, 5.74) is 0. The van der Waals surface area contributed by atoms with Crippen molar-refractivity contribution < 1.29 is 4.79 Å². The van der Waals surface area contributed by atoms with Crippen molar-refractivity contribution in [1.29, 1.82) is 0 Å². The summed E-state index contributed by atoms with van der Waals surface area (Å²) in [5.74, 6) is 0.0752. The second-order valence-electron chi connectivity index (χ2n) is 2.01. The summed E-state index contributed by atoms with van der Waals surface area (Å²) < 4.78 is 0. The van der Waals surface area contributed by atoms with Crippen molar-refractivity contribution in [1.82, 2.24) is 5.06 Å². The fourth-order valence-corrected chi connectivity index (χ4v) is 0.807. The van der Waals surface area contributed by atoms with Crippen molar-refractivity contribution in [2.24, 2.45) is 0 Å². The largest absolute Gasteiger partial charge is 0.785 e. The Morgan fingerprint density at radius 1 is 1.62 bits per heavy atom. The molecule has 0 aromatic heterocycles. The molecule has 1 rings (SSSR count). The Morgan fingerprint density at radius 3 is 2.75 bits per heavy atom. The molecule has 0 aliphatic carbocycles. The molecule has 0 amide bonds. The maximum Gasteiger partial charge on any atom is 0.145 e. The van der Waals surface area contributed by atoms with Crippen molar-refractivity contribution in [3.63, 3.8) is 0 Å². The number of hydrogen-bond acceptors (Lipinski definition) is 3. The van der Waals surface area contributed by atoms with Crippen LogP contribution in [0.4, 0.5) is 0 Å². The van der Waals surface area contributed by atoms with Crippen LogP contribution in [0.5, 0.6) is 0 Å². The molecular weight excluding hydrogens is 106 g/mol. The van der Waals surface area contributed by atoms with Crippen LogP contribution in [0.15, 0.2) is 0 Å². The van der Waals surface area contributed by atoms with Crippen LogP contribution in [0.2, 0.25) is 0 Å². The maximum absolute atomic E-state index is 10.4. The molecule has 0 spiro atoms. The summed E-state index contributed by atoms with van der Waals surface area (Å²) in [7, 11) is 0.